The molecule has 178 valence electrons. The van der Waals surface area contributed by atoms with Crippen molar-refractivity contribution >= 4 is 45.7 Å². The monoisotopic (exact) mass is 464 g/mol. The first kappa shape index (κ1) is 22.2. The van der Waals surface area contributed by atoms with Gasteiger partial charge < -0.3 is 29.0 Å². The number of aliphatic hydroxyl groups is 1. The quantitative estimate of drug-likeness (QED) is 0.324. The van der Waals surface area contributed by atoms with E-state index in [9.17, 15) is 4.79 Å². The van der Waals surface area contributed by atoms with E-state index >= 15 is 0 Å². The summed E-state index contributed by atoms with van der Waals surface area (Å²) in [7, 11) is 1.89. The predicted molar refractivity (Wildman–Crippen MR) is 130 cm³/mol. The van der Waals surface area contributed by atoms with E-state index in [4.69, 9.17) is 14.3 Å². The molecule has 0 radical (unpaired) electrons. The summed E-state index contributed by atoms with van der Waals surface area (Å²) in [6.45, 7) is 3.07. The largest absolute Gasteiger partial charge is 0.423 e. The Morgan fingerprint density at radius 3 is 2.79 bits per heavy atom. The van der Waals surface area contributed by atoms with Gasteiger partial charge >= 0.3 is 6.01 Å². The molecule has 1 aliphatic rings. The lowest BCUT2D eigenvalue weighted by atomic mass is 10.2. The number of nitrogens with zero attached hydrogens (tertiary/aromatic N) is 4. The maximum atomic E-state index is 12.4. The predicted octanol–water partition coefficient (Wildman–Crippen LogP) is 2.80. The second-order valence-corrected chi connectivity index (χ2v) is 8.28. The highest BCUT2D eigenvalue weighted by atomic mass is 16.5. The fraction of sp³-hybridized carbons (Fsp3) is 0.375. The third-order valence-corrected chi connectivity index (χ3v) is 5.97. The molecular weight excluding hydrogens is 436 g/mol. The number of carbonyl (C=O) groups excluding carboxylic acids is 1. The van der Waals surface area contributed by atoms with Crippen LogP contribution < -0.4 is 15.5 Å². The van der Waals surface area contributed by atoms with E-state index in [0.29, 0.717) is 36.2 Å². The fourth-order valence-corrected chi connectivity index (χ4v) is 4.19. The van der Waals surface area contributed by atoms with Crippen LogP contribution >= 0.6 is 0 Å². The molecule has 10 nitrogen and oxygen atoms in total. The van der Waals surface area contributed by atoms with Crippen LogP contribution in [0.5, 0.6) is 0 Å². The topological polar surface area (TPSA) is 118 Å². The molecule has 0 aliphatic carbocycles. The van der Waals surface area contributed by atoms with Crippen LogP contribution in [-0.2, 0) is 11.8 Å². The molecule has 10 heteroatoms. The van der Waals surface area contributed by atoms with Gasteiger partial charge in [0.05, 0.1) is 30.9 Å². The van der Waals surface area contributed by atoms with Crippen molar-refractivity contribution in [3.63, 3.8) is 0 Å². The Hall–Kier alpha value is -3.63. The van der Waals surface area contributed by atoms with Crippen LogP contribution in [-0.4, -0.2) is 65.0 Å². The first-order chi connectivity index (χ1) is 16.6. The van der Waals surface area contributed by atoms with Gasteiger partial charge in [0.15, 0.2) is 5.58 Å². The van der Waals surface area contributed by atoms with Crippen molar-refractivity contribution < 1.29 is 19.1 Å². The molecule has 2 aromatic heterocycles. The number of aliphatic hydroxyl groups excluding tert-OH is 1. The summed E-state index contributed by atoms with van der Waals surface area (Å²) >= 11 is 0. The minimum Gasteiger partial charge on any atom is -0.423 e. The van der Waals surface area contributed by atoms with Gasteiger partial charge in [0.2, 0.25) is 5.95 Å². The molecule has 3 N–H and O–H groups in total. The molecule has 1 aliphatic heterocycles. The molecule has 0 unspecified atom stereocenters. The van der Waals surface area contributed by atoms with Crippen LogP contribution in [0.15, 0.2) is 40.8 Å². The molecule has 4 aromatic rings. The van der Waals surface area contributed by atoms with Crippen LogP contribution in [0, 0.1) is 0 Å². The summed E-state index contributed by atoms with van der Waals surface area (Å²) in [5, 5.41) is 14.7. The van der Waals surface area contributed by atoms with E-state index in [1.165, 1.54) is 12.8 Å². The molecule has 0 bridgehead atoms. The van der Waals surface area contributed by atoms with Gasteiger partial charge in [-0.05, 0) is 43.2 Å². The summed E-state index contributed by atoms with van der Waals surface area (Å²) in [6, 6.07) is 11.8. The molecule has 0 atom stereocenters. The summed E-state index contributed by atoms with van der Waals surface area (Å²) in [5.41, 5.74) is 4.73. The molecule has 1 amide bonds. The first-order valence-electron chi connectivity index (χ1n) is 11.5. The van der Waals surface area contributed by atoms with Crippen molar-refractivity contribution in [3.8, 4) is 0 Å². The number of fused-ring (bicyclic) bond motifs is 2. The van der Waals surface area contributed by atoms with Crippen molar-refractivity contribution in [2.24, 2.45) is 7.05 Å². The Morgan fingerprint density at radius 1 is 1.12 bits per heavy atom. The number of aryl methyl sites for hydroxylation is 1. The number of imidazole rings is 1. The Balaban J connectivity index is 1.31. The van der Waals surface area contributed by atoms with E-state index in [-0.39, 0.29) is 19.1 Å². The van der Waals surface area contributed by atoms with Gasteiger partial charge in [-0.2, -0.15) is 4.98 Å². The summed E-state index contributed by atoms with van der Waals surface area (Å²) in [5.74, 6) is 0.360. The molecule has 2 aromatic carbocycles. The van der Waals surface area contributed by atoms with Gasteiger partial charge in [0.1, 0.15) is 5.52 Å². The number of nitrogens with one attached hydrogen (secondary N) is 2. The number of rotatable bonds is 9. The number of carbonyl (C=O) groups is 1. The van der Waals surface area contributed by atoms with E-state index < -0.39 is 0 Å². The van der Waals surface area contributed by atoms with E-state index in [1.807, 2.05) is 29.8 Å². The van der Waals surface area contributed by atoms with Gasteiger partial charge in [-0.15, -0.1) is 0 Å². The smallest absolute Gasteiger partial charge is 0.302 e. The lowest BCUT2D eigenvalue weighted by Gasteiger charge is -2.16. The molecule has 3 heterocycles. The molecule has 0 spiro atoms. The van der Waals surface area contributed by atoms with E-state index in [0.717, 1.165) is 35.4 Å². The fourth-order valence-electron chi connectivity index (χ4n) is 4.19. The van der Waals surface area contributed by atoms with Gasteiger partial charge in [0, 0.05) is 44.0 Å². The zero-order valence-electron chi connectivity index (χ0n) is 19.1. The van der Waals surface area contributed by atoms with Crippen LogP contribution in [0.3, 0.4) is 0 Å². The molecule has 1 fully saturated rings. The minimum absolute atomic E-state index is 0.0378. The Bertz CT molecular complexity index is 1310. The maximum absolute atomic E-state index is 12.4. The number of amides is 1. The van der Waals surface area contributed by atoms with Crippen molar-refractivity contribution in [1.82, 2.24) is 19.9 Å². The second-order valence-electron chi connectivity index (χ2n) is 8.28. The van der Waals surface area contributed by atoms with Crippen LogP contribution in [0.4, 0.5) is 17.7 Å². The lowest BCUT2D eigenvalue weighted by Crippen LogP contribution is -2.27. The number of aromatic nitrogens is 3. The molecule has 1 saturated heterocycles. The molecule has 34 heavy (non-hydrogen) atoms. The SMILES string of the molecule is Cn1c(Nc2nc3ccc(N4CCCC4)cc3o2)nc2cc(C(=O)NCCOCCO)ccc21. The summed E-state index contributed by atoms with van der Waals surface area (Å²) in [4.78, 5) is 24.0. The second kappa shape index (κ2) is 9.70. The number of anilines is 3. The third-order valence-electron chi connectivity index (χ3n) is 5.97. The Kier molecular flexibility index (Phi) is 6.33. The van der Waals surface area contributed by atoms with Crippen LogP contribution in [0.25, 0.3) is 22.1 Å². The average molecular weight is 465 g/mol. The highest BCUT2D eigenvalue weighted by Gasteiger charge is 2.16. The van der Waals surface area contributed by atoms with E-state index in [1.54, 1.807) is 12.1 Å². The van der Waals surface area contributed by atoms with Gasteiger partial charge in [0.25, 0.3) is 5.91 Å². The summed E-state index contributed by atoms with van der Waals surface area (Å²) < 4.78 is 13.0. The van der Waals surface area contributed by atoms with Gasteiger partial charge in [-0.25, -0.2) is 4.98 Å². The Labute approximate surface area is 196 Å². The zero-order chi connectivity index (χ0) is 23.5. The number of ether oxygens (including phenoxy) is 1. The molecule has 5 rings (SSSR count). The maximum Gasteiger partial charge on any atom is 0.302 e. The van der Waals surface area contributed by atoms with Crippen molar-refractivity contribution in [3.05, 3.63) is 42.0 Å². The molecular formula is C24H28N6O4. The summed E-state index contributed by atoms with van der Waals surface area (Å²) in [6.07, 6.45) is 2.44. The number of benzene rings is 2. The molecule has 0 saturated carbocycles. The van der Waals surface area contributed by atoms with E-state index in [2.05, 4.69) is 31.6 Å². The van der Waals surface area contributed by atoms with Crippen LogP contribution in [0.2, 0.25) is 0 Å². The average Bonchev–Trinajstić information content (AvgIpc) is 3.58. The minimum atomic E-state index is -0.206. The normalized spacial score (nSPS) is 13.8. The highest BCUT2D eigenvalue weighted by molar-refractivity contribution is 5.97. The standard InChI is InChI=1S/C24H28N6O4/c1-29-20-7-4-16(22(32)25-8-12-33-13-11-31)14-19(20)26-23(29)28-24-27-18-6-5-17(15-21(18)34-24)30-9-2-3-10-30/h4-7,14-15,31H,2-3,8-13H2,1H3,(H,25,32)(H,26,27,28). The van der Waals surface area contributed by atoms with Crippen molar-refractivity contribution in [2.75, 3.05) is 49.7 Å². The number of hydrogen-bond acceptors (Lipinski definition) is 8. The van der Waals surface area contributed by atoms with Crippen molar-refractivity contribution in [2.45, 2.75) is 12.8 Å². The number of hydrogen-bond donors (Lipinski definition) is 3. The Morgan fingerprint density at radius 2 is 1.97 bits per heavy atom. The van der Waals surface area contributed by atoms with Gasteiger partial charge in [-0.1, -0.05) is 0 Å². The lowest BCUT2D eigenvalue weighted by molar-refractivity contribution is 0.0838. The third kappa shape index (κ3) is 4.55. The van der Waals surface area contributed by atoms with Crippen LogP contribution in [0.1, 0.15) is 23.2 Å². The first-order valence-corrected chi connectivity index (χ1v) is 11.5. The van der Waals surface area contributed by atoms with Crippen molar-refractivity contribution in [1.29, 1.82) is 0 Å². The zero-order valence-corrected chi connectivity index (χ0v) is 19.1. The number of oxazole rings is 1. The highest BCUT2D eigenvalue weighted by Crippen LogP contribution is 2.29. The van der Waals surface area contributed by atoms with Gasteiger partial charge in [-0.3, -0.25) is 10.1 Å².